The van der Waals surface area contributed by atoms with Crippen LogP contribution in [0, 0.1) is 5.92 Å². The van der Waals surface area contributed by atoms with Crippen LogP contribution in [0.3, 0.4) is 0 Å². The lowest BCUT2D eigenvalue weighted by Gasteiger charge is -2.41. The SMILES string of the molecule is CCC(C)N1C(=O)NC(=S)C2CCCC21. The molecule has 2 fully saturated rings. The molecular formula is C11H18N2OS. The van der Waals surface area contributed by atoms with Crippen molar-refractivity contribution in [3.63, 3.8) is 0 Å². The van der Waals surface area contributed by atoms with Crippen molar-refractivity contribution in [3.05, 3.63) is 0 Å². The lowest BCUT2D eigenvalue weighted by Crippen LogP contribution is -2.60. The number of carbonyl (C=O) groups excluding carboxylic acids is 1. The van der Waals surface area contributed by atoms with Crippen molar-refractivity contribution in [3.8, 4) is 0 Å². The van der Waals surface area contributed by atoms with Crippen LogP contribution in [0.15, 0.2) is 0 Å². The van der Waals surface area contributed by atoms with Crippen LogP contribution in [0.1, 0.15) is 39.5 Å². The van der Waals surface area contributed by atoms with Crippen LogP contribution in [0.4, 0.5) is 4.79 Å². The van der Waals surface area contributed by atoms with Crippen LogP contribution in [-0.2, 0) is 0 Å². The lowest BCUT2D eigenvalue weighted by atomic mass is 9.98. The topological polar surface area (TPSA) is 32.3 Å². The average molecular weight is 226 g/mol. The molecule has 1 saturated carbocycles. The van der Waals surface area contributed by atoms with Gasteiger partial charge in [-0.2, -0.15) is 0 Å². The minimum absolute atomic E-state index is 0.0116. The first-order valence-electron chi connectivity index (χ1n) is 5.78. The van der Waals surface area contributed by atoms with Gasteiger partial charge in [-0.1, -0.05) is 25.6 Å². The number of nitrogens with zero attached hydrogens (tertiary/aromatic N) is 1. The van der Waals surface area contributed by atoms with Crippen LogP contribution >= 0.6 is 12.2 Å². The second-order valence-corrected chi connectivity index (χ2v) is 5.00. The Balaban J connectivity index is 2.22. The minimum atomic E-state index is 0.0116. The van der Waals surface area contributed by atoms with Gasteiger partial charge in [-0.05, 0) is 26.2 Å². The molecule has 2 amide bonds. The number of nitrogens with one attached hydrogen (secondary N) is 1. The molecule has 1 heterocycles. The molecule has 2 rings (SSSR count). The third kappa shape index (κ3) is 1.75. The van der Waals surface area contributed by atoms with Gasteiger partial charge in [0.25, 0.3) is 0 Å². The Morgan fingerprint density at radius 3 is 3.00 bits per heavy atom. The summed E-state index contributed by atoms with van der Waals surface area (Å²) in [4.78, 5) is 14.6. The zero-order valence-electron chi connectivity index (χ0n) is 9.32. The smallest absolute Gasteiger partial charge is 0.318 e. The zero-order chi connectivity index (χ0) is 11.0. The van der Waals surface area contributed by atoms with E-state index in [0.717, 1.165) is 24.3 Å². The standard InChI is InChI=1S/C11H18N2OS/c1-3-7(2)13-9-6-4-5-8(9)10(15)12-11(13)14/h7-9H,3-6H2,1-2H3,(H,12,14,15). The highest BCUT2D eigenvalue weighted by Gasteiger charge is 2.43. The molecule has 15 heavy (non-hydrogen) atoms. The van der Waals surface area contributed by atoms with Gasteiger partial charge in [0.05, 0.1) is 4.99 Å². The second-order valence-electron chi connectivity index (χ2n) is 4.56. The molecule has 0 aromatic heterocycles. The second kappa shape index (κ2) is 4.08. The van der Waals surface area contributed by atoms with Gasteiger partial charge < -0.3 is 10.2 Å². The van der Waals surface area contributed by atoms with Crippen molar-refractivity contribution >= 4 is 23.2 Å². The Bertz CT molecular complexity index is 292. The first-order valence-corrected chi connectivity index (χ1v) is 6.19. The van der Waals surface area contributed by atoms with Gasteiger partial charge in [-0.25, -0.2) is 4.79 Å². The molecule has 4 heteroatoms. The summed E-state index contributed by atoms with van der Waals surface area (Å²) < 4.78 is 0. The molecule has 3 unspecified atom stereocenters. The quantitative estimate of drug-likeness (QED) is 0.733. The van der Waals surface area contributed by atoms with Crippen LogP contribution in [-0.4, -0.2) is 28.0 Å². The van der Waals surface area contributed by atoms with Gasteiger partial charge in [0, 0.05) is 18.0 Å². The van der Waals surface area contributed by atoms with Gasteiger partial charge in [0.1, 0.15) is 0 Å². The summed E-state index contributed by atoms with van der Waals surface area (Å²) in [5.41, 5.74) is 0. The number of urea groups is 1. The van der Waals surface area contributed by atoms with Crippen molar-refractivity contribution in [1.82, 2.24) is 10.2 Å². The summed E-state index contributed by atoms with van der Waals surface area (Å²) in [6, 6.07) is 0.692. The van der Waals surface area contributed by atoms with E-state index in [2.05, 4.69) is 19.2 Å². The van der Waals surface area contributed by atoms with Gasteiger partial charge in [0.2, 0.25) is 0 Å². The molecule has 3 atom stereocenters. The van der Waals surface area contributed by atoms with E-state index in [-0.39, 0.29) is 6.03 Å². The predicted molar refractivity (Wildman–Crippen MR) is 63.9 cm³/mol. The van der Waals surface area contributed by atoms with Gasteiger partial charge in [0.15, 0.2) is 0 Å². The molecular weight excluding hydrogens is 208 g/mol. The third-order valence-corrected chi connectivity index (χ3v) is 4.11. The number of hydrogen-bond acceptors (Lipinski definition) is 2. The summed E-state index contributed by atoms with van der Waals surface area (Å²) in [7, 11) is 0. The van der Waals surface area contributed by atoms with Gasteiger partial charge in [-0.3, -0.25) is 0 Å². The number of thiocarbonyl (C=S) groups is 1. The molecule has 0 spiro atoms. The van der Waals surface area contributed by atoms with Crippen molar-refractivity contribution in [2.24, 2.45) is 5.92 Å². The molecule has 0 bridgehead atoms. The van der Waals surface area contributed by atoms with E-state index >= 15 is 0 Å². The summed E-state index contributed by atoms with van der Waals surface area (Å²) in [6.07, 6.45) is 4.44. The number of rotatable bonds is 2. The molecule has 0 radical (unpaired) electrons. The van der Waals surface area contributed by atoms with Crippen molar-refractivity contribution in [2.75, 3.05) is 0 Å². The first-order chi connectivity index (χ1) is 7.15. The average Bonchev–Trinajstić information content (AvgIpc) is 2.66. The molecule has 1 aliphatic heterocycles. The number of hydrogen-bond donors (Lipinski definition) is 1. The van der Waals surface area contributed by atoms with E-state index in [4.69, 9.17) is 12.2 Å². The minimum Gasteiger partial charge on any atom is -0.318 e. The van der Waals surface area contributed by atoms with E-state index in [1.807, 2.05) is 4.90 Å². The van der Waals surface area contributed by atoms with Crippen LogP contribution in [0.25, 0.3) is 0 Å². The highest BCUT2D eigenvalue weighted by Crippen LogP contribution is 2.34. The molecule has 1 N–H and O–H groups in total. The van der Waals surface area contributed by atoms with Gasteiger partial charge >= 0.3 is 6.03 Å². The van der Waals surface area contributed by atoms with Crippen molar-refractivity contribution in [2.45, 2.75) is 51.6 Å². The predicted octanol–water partition coefficient (Wildman–Crippen LogP) is 2.31. The Kier molecular flexibility index (Phi) is 2.96. The lowest BCUT2D eigenvalue weighted by molar-refractivity contribution is 0.134. The maximum atomic E-state index is 11.9. The van der Waals surface area contributed by atoms with Gasteiger partial charge in [-0.15, -0.1) is 0 Å². The third-order valence-electron chi connectivity index (χ3n) is 3.70. The molecule has 2 aliphatic rings. The van der Waals surface area contributed by atoms with Crippen LogP contribution in [0.5, 0.6) is 0 Å². The largest absolute Gasteiger partial charge is 0.322 e. The van der Waals surface area contributed by atoms with E-state index in [1.165, 1.54) is 6.42 Å². The maximum Gasteiger partial charge on any atom is 0.322 e. The summed E-state index contributed by atoms with van der Waals surface area (Å²) in [5.74, 6) is 0.409. The summed E-state index contributed by atoms with van der Waals surface area (Å²) >= 11 is 5.24. The molecule has 0 aromatic carbocycles. The fourth-order valence-electron chi connectivity index (χ4n) is 2.72. The van der Waals surface area contributed by atoms with E-state index in [1.54, 1.807) is 0 Å². The molecule has 84 valence electrons. The van der Waals surface area contributed by atoms with E-state index in [9.17, 15) is 4.79 Å². The number of carbonyl (C=O) groups is 1. The monoisotopic (exact) mass is 226 g/mol. The van der Waals surface area contributed by atoms with E-state index < -0.39 is 0 Å². The fourth-order valence-corrected chi connectivity index (χ4v) is 3.08. The molecule has 1 saturated heterocycles. The van der Waals surface area contributed by atoms with Crippen molar-refractivity contribution < 1.29 is 4.79 Å². The Hall–Kier alpha value is -0.640. The summed E-state index contributed by atoms with van der Waals surface area (Å²) in [6.45, 7) is 4.23. The first kappa shape index (κ1) is 10.9. The maximum absolute atomic E-state index is 11.9. The molecule has 0 aromatic rings. The fraction of sp³-hybridized carbons (Fsp3) is 0.818. The van der Waals surface area contributed by atoms with Crippen LogP contribution in [0.2, 0.25) is 0 Å². The number of fused-ring (bicyclic) bond motifs is 1. The van der Waals surface area contributed by atoms with E-state index in [0.29, 0.717) is 18.0 Å². The van der Waals surface area contributed by atoms with Crippen molar-refractivity contribution in [1.29, 1.82) is 0 Å². The zero-order valence-corrected chi connectivity index (χ0v) is 10.1. The normalized spacial score (nSPS) is 32.5. The molecule has 3 nitrogen and oxygen atoms in total. The van der Waals surface area contributed by atoms with Crippen LogP contribution < -0.4 is 5.32 Å². The summed E-state index contributed by atoms with van der Waals surface area (Å²) in [5, 5.41) is 2.83. The Labute approximate surface area is 96.2 Å². The number of amides is 2. The Morgan fingerprint density at radius 1 is 1.60 bits per heavy atom. The highest BCUT2D eigenvalue weighted by molar-refractivity contribution is 7.80. The molecule has 1 aliphatic carbocycles. The highest BCUT2D eigenvalue weighted by atomic mass is 32.1. The Morgan fingerprint density at radius 2 is 2.33 bits per heavy atom.